The molecule has 7 heteroatoms. The van der Waals surface area contributed by atoms with Crippen molar-refractivity contribution in [2.75, 3.05) is 19.0 Å². The molecule has 0 aliphatic carbocycles. The summed E-state index contributed by atoms with van der Waals surface area (Å²) in [6.07, 6.45) is 0. The molecule has 0 spiro atoms. The maximum absolute atomic E-state index is 11.2. The summed E-state index contributed by atoms with van der Waals surface area (Å²) in [5, 5.41) is 21.7. The maximum Gasteiger partial charge on any atom is 0.270 e. The molecule has 17 heavy (non-hydrogen) atoms. The van der Waals surface area contributed by atoms with E-state index >= 15 is 0 Å². The Balaban J connectivity index is 2.98. The lowest BCUT2D eigenvalue weighted by molar-refractivity contribution is -0.384. The number of hydrogen-bond acceptors (Lipinski definition) is 5. The van der Waals surface area contributed by atoms with E-state index in [9.17, 15) is 14.9 Å². The lowest BCUT2D eigenvalue weighted by Gasteiger charge is -2.05. The van der Waals surface area contributed by atoms with Gasteiger partial charge in [0.2, 0.25) is 5.91 Å². The highest BCUT2D eigenvalue weighted by molar-refractivity contribution is 5.93. The van der Waals surface area contributed by atoms with E-state index < -0.39 is 10.8 Å². The third-order valence-corrected chi connectivity index (χ3v) is 1.88. The third kappa shape index (κ3) is 3.25. The molecule has 0 unspecified atom stereocenters. The minimum absolute atomic E-state index is 0.0312. The Hall–Kier alpha value is -2.46. The van der Waals surface area contributed by atoms with Gasteiger partial charge in [-0.25, -0.2) is 0 Å². The number of methoxy groups -OCH3 is 1. The summed E-state index contributed by atoms with van der Waals surface area (Å²) < 4.78 is 4.61. The van der Waals surface area contributed by atoms with Gasteiger partial charge in [-0.1, -0.05) is 0 Å². The number of carbonyl (C=O) groups excluding carboxylic acids is 1. The lowest BCUT2D eigenvalue weighted by Crippen LogP contribution is -2.17. The van der Waals surface area contributed by atoms with Gasteiger partial charge in [0.1, 0.15) is 12.7 Å². The molecule has 7 nitrogen and oxygen atoms in total. The predicted octanol–water partition coefficient (Wildman–Crippen LogP) is 1.05. The Morgan fingerprint density at radius 1 is 1.65 bits per heavy atom. The molecule has 0 saturated heterocycles. The molecule has 0 heterocycles. The van der Waals surface area contributed by atoms with Gasteiger partial charge in [0, 0.05) is 19.2 Å². The molecular weight excluding hydrogens is 226 g/mol. The van der Waals surface area contributed by atoms with Crippen LogP contribution in [-0.4, -0.2) is 24.5 Å². The normalized spacial score (nSPS) is 9.41. The van der Waals surface area contributed by atoms with Crippen LogP contribution in [0.25, 0.3) is 0 Å². The van der Waals surface area contributed by atoms with Crippen LogP contribution >= 0.6 is 0 Å². The smallest absolute Gasteiger partial charge is 0.270 e. The molecule has 0 atom stereocenters. The Kier molecular flexibility index (Phi) is 4.14. The second-order valence-corrected chi connectivity index (χ2v) is 3.08. The summed E-state index contributed by atoms with van der Waals surface area (Å²) in [4.78, 5) is 21.1. The largest absolute Gasteiger partial charge is 0.375 e. The van der Waals surface area contributed by atoms with Crippen LogP contribution in [0.15, 0.2) is 18.2 Å². The molecule has 1 N–H and O–H groups in total. The van der Waals surface area contributed by atoms with E-state index in [1.807, 2.05) is 0 Å². The van der Waals surface area contributed by atoms with E-state index in [0.717, 1.165) is 6.07 Å². The first kappa shape index (κ1) is 12.6. The minimum atomic E-state index is -0.610. The quantitative estimate of drug-likeness (QED) is 0.620. The first-order valence-electron chi connectivity index (χ1n) is 4.55. The van der Waals surface area contributed by atoms with Crippen LogP contribution in [0.1, 0.15) is 5.56 Å². The summed E-state index contributed by atoms with van der Waals surface area (Å²) in [5.41, 5.74) is 0.0510. The maximum atomic E-state index is 11.2. The van der Waals surface area contributed by atoms with Crippen LogP contribution in [0, 0.1) is 21.4 Å². The number of anilines is 1. The number of nitro benzene ring substituents is 1. The number of amides is 1. The summed E-state index contributed by atoms with van der Waals surface area (Å²) in [6.45, 7) is -0.151. The fraction of sp³-hybridized carbons (Fsp3) is 0.200. The van der Waals surface area contributed by atoms with Crippen LogP contribution in [0.5, 0.6) is 0 Å². The monoisotopic (exact) mass is 235 g/mol. The van der Waals surface area contributed by atoms with Crippen LogP contribution < -0.4 is 5.32 Å². The molecule has 0 saturated carbocycles. The van der Waals surface area contributed by atoms with E-state index in [0.29, 0.717) is 0 Å². The molecule has 0 fully saturated rings. The van der Waals surface area contributed by atoms with Gasteiger partial charge in [-0.2, -0.15) is 5.26 Å². The van der Waals surface area contributed by atoms with Crippen molar-refractivity contribution >= 4 is 17.3 Å². The Morgan fingerprint density at radius 2 is 2.35 bits per heavy atom. The van der Waals surface area contributed by atoms with Crippen LogP contribution in [0.3, 0.4) is 0 Å². The number of hydrogen-bond donors (Lipinski definition) is 1. The zero-order valence-corrected chi connectivity index (χ0v) is 8.97. The molecule has 1 aromatic rings. The van der Waals surface area contributed by atoms with Crippen molar-refractivity contribution in [1.29, 1.82) is 5.26 Å². The van der Waals surface area contributed by atoms with E-state index in [1.165, 1.54) is 19.2 Å². The second kappa shape index (κ2) is 5.58. The van der Waals surface area contributed by atoms with Crippen molar-refractivity contribution in [3.05, 3.63) is 33.9 Å². The first-order chi connectivity index (χ1) is 8.08. The van der Waals surface area contributed by atoms with E-state index in [-0.39, 0.29) is 23.5 Å². The zero-order valence-electron chi connectivity index (χ0n) is 8.97. The second-order valence-electron chi connectivity index (χ2n) is 3.08. The highest BCUT2D eigenvalue weighted by atomic mass is 16.6. The number of rotatable bonds is 4. The highest BCUT2D eigenvalue weighted by Gasteiger charge is 2.12. The molecule has 0 radical (unpaired) electrons. The number of nitrogens with one attached hydrogen (secondary N) is 1. The Bertz CT molecular complexity index is 493. The van der Waals surface area contributed by atoms with Gasteiger partial charge in [-0.05, 0) is 6.07 Å². The molecule has 1 aromatic carbocycles. The topological polar surface area (TPSA) is 105 Å². The van der Waals surface area contributed by atoms with E-state index in [2.05, 4.69) is 10.1 Å². The van der Waals surface area contributed by atoms with Gasteiger partial charge in [-0.3, -0.25) is 14.9 Å². The van der Waals surface area contributed by atoms with Gasteiger partial charge in [0.25, 0.3) is 5.69 Å². The molecule has 0 aliphatic heterocycles. The lowest BCUT2D eigenvalue weighted by atomic mass is 10.1. The van der Waals surface area contributed by atoms with Crippen molar-refractivity contribution in [3.8, 4) is 6.07 Å². The van der Waals surface area contributed by atoms with E-state index in [4.69, 9.17) is 5.26 Å². The number of non-ortho nitro benzene ring substituents is 1. The predicted molar refractivity (Wildman–Crippen MR) is 58.3 cm³/mol. The SMILES string of the molecule is COCC(=O)Nc1ccc([N+](=O)[O-])cc1C#N. The number of benzene rings is 1. The standard InChI is InChI=1S/C10H9N3O4/c1-17-6-10(14)12-9-3-2-8(13(15)16)4-7(9)5-11/h2-4H,6H2,1H3,(H,12,14). The van der Waals surface area contributed by atoms with Crippen LogP contribution in [0.4, 0.5) is 11.4 Å². The summed E-state index contributed by atoms with van der Waals surface area (Å²) in [7, 11) is 1.36. The molecule has 0 aromatic heterocycles. The van der Waals surface area contributed by atoms with Crippen molar-refractivity contribution in [2.45, 2.75) is 0 Å². The van der Waals surface area contributed by atoms with Crippen molar-refractivity contribution in [3.63, 3.8) is 0 Å². The van der Waals surface area contributed by atoms with Crippen molar-refractivity contribution in [2.24, 2.45) is 0 Å². The fourth-order valence-corrected chi connectivity index (χ4v) is 1.16. The van der Waals surface area contributed by atoms with Crippen LogP contribution in [0.2, 0.25) is 0 Å². The van der Waals surface area contributed by atoms with Gasteiger partial charge in [0.05, 0.1) is 16.2 Å². The van der Waals surface area contributed by atoms with E-state index in [1.54, 1.807) is 6.07 Å². The number of nitrogens with zero attached hydrogens (tertiary/aromatic N) is 2. The molecule has 0 bridgehead atoms. The number of nitro groups is 1. The van der Waals surface area contributed by atoms with Crippen molar-refractivity contribution < 1.29 is 14.5 Å². The average Bonchev–Trinajstić information content (AvgIpc) is 2.29. The number of nitriles is 1. The molecule has 1 amide bonds. The minimum Gasteiger partial charge on any atom is -0.375 e. The average molecular weight is 235 g/mol. The molecule has 88 valence electrons. The molecular formula is C10H9N3O4. The van der Waals surface area contributed by atoms with Gasteiger partial charge >= 0.3 is 0 Å². The van der Waals surface area contributed by atoms with Gasteiger partial charge in [-0.15, -0.1) is 0 Å². The van der Waals surface area contributed by atoms with Crippen molar-refractivity contribution in [1.82, 2.24) is 0 Å². The summed E-state index contributed by atoms with van der Waals surface area (Å²) in [5.74, 6) is -0.433. The van der Waals surface area contributed by atoms with Crippen LogP contribution in [-0.2, 0) is 9.53 Å². The third-order valence-electron chi connectivity index (χ3n) is 1.88. The molecule has 0 aliphatic rings. The van der Waals surface area contributed by atoms with Gasteiger partial charge < -0.3 is 10.1 Å². The first-order valence-corrected chi connectivity index (χ1v) is 4.55. The molecule has 1 rings (SSSR count). The number of ether oxygens (including phenoxy) is 1. The highest BCUT2D eigenvalue weighted by Crippen LogP contribution is 2.21. The zero-order chi connectivity index (χ0) is 12.8. The Labute approximate surface area is 96.8 Å². The fourth-order valence-electron chi connectivity index (χ4n) is 1.16. The van der Waals surface area contributed by atoms with Gasteiger partial charge in [0.15, 0.2) is 0 Å². The summed E-state index contributed by atoms with van der Waals surface area (Å²) >= 11 is 0. The Morgan fingerprint density at radius 3 is 2.88 bits per heavy atom. The summed E-state index contributed by atoms with van der Waals surface area (Å²) in [6, 6.07) is 5.40. The number of carbonyl (C=O) groups is 1.